The number of nitrogens with zero attached hydrogens (tertiary/aromatic N) is 2. The summed E-state index contributed by atoms with van der Waals surface area (Å²) in [7, 11) is -4.21. The molecule has 0 unspecified atom stereocenters. The van der Waals surface area contributed by atoms with E-state index in [4.69, 9.17) is 23.2 Å². The summed E-state index contributed by atoms with van der Waals surface area (Å²) in [5.41, 5.74) is 0.878. The molecule has 0 saturated carbocycles. The first-order valence-electron chi connectivity index (χ1n) is 12.4. The fraction of sp³-hybridized carbons (Fsp3) is 0.286. The van der Waals surface area contributed by atoms with Gasteiger partial charge < -0.3 is 10.2 Å². The number of hydrogen-bond acceptors (Lipinski definition) is 4. The van der Waals surface area contributed by atoms with E-state index in [0.29, 0.717) is 11.6 Å². The number of unbranched alkanes of at least 4 members (excludes halogenated alkanes) is 1. The third-order valence-electron chi connectivity index (χ3n) is 6.05. The summed E-state index contributed by atoms with van der Waals surface area (Å²) >= 11 is 15.9. The summed E-state index contributed by atoms with van der Waals surface area (Å²) in [6, 6.07) is 18.6. The lowest BCUT2D eigenvalue weighted by Crippen LogP contribution is -2.51. The highest BCUT2D eigenvalue weighted by atomic mass is 79.9. The molecule has 7 nitrogen and oxygen atoms in total. The molecule has 3 aromatic rings. The molecule has 39 heavy (non-hydrogen) atoms. The van der Waals surface area contributed by atoms with Gasteiger partial charge in [0.2, 0.25) is 11.8 Å². The second-order valence-electron chi connectivity index (χ2n) is 8.89. The molecule has 0 bridgehead atoms. The van der Waals surface area contributed by atoms with E-state index in [0.717, 1.165) is 27.2 Å². The normalized spacial score (nSPS) is 12.0. The van der Waals surface area contributed by atoms with Gasteiger partial charge in [0.15, 0.2) is 0 Å². The van der Waals surface area contributed by atoms with Crippen molar-refractivity contribution < 1.29 is 18.0 Å². The fourth-order valence-corrected chi connectivity index (χ4v) is 6.10. The Morgan fingerprint density at radius 3 is 2.28 bits per heavy atom. The number of nitrogens with one attached hydrogen (secondary N) is 1. The van der Waals surface area contributed by atoms with Crippen LogP contribution in [0, 0.1) is 0 Å². The van der Waals surface area contributed by atoms with Gasteiger partial charge in [-0.2, -0.15) is 0 Å². The highest BCUT2D eigenvalue weighted by Crippen LogP contribution is 2.33. The predicted octanol–water partition coefficient (Wildman–Crippen LogP) is 6.28. The number of sulfonamides is 1. The molecule has 3 aromatic carbocycles. The minimum Gasteiger partial charge on any atom is -0.354 e. The molecule has 0 spiro atoms. The Labute approximate surface area is 248 Å². The number of rotatable bonds is 12. The maximum atomic E-state index is 13.9. The molecule has 0 radical (unpaired) electrons. The van der Waals surface area contributed by atoms with E-state index in [9.17, 15) is 18.0 Å². The topological polar surface area (TPSA) is 86.8 Å². The second kappa shape index (κ2) is 14.2. The summed E-state index contributed by atoms with van der Waals surface area (Å²) in [4.78, 5) is 28.3. The van der Waals surface area contributed by atoms with Gasteiger partial charge >= 0.3 is 0 Å². The van der Waals surface area contributed by atoms with Crippen molar-refractivity contribution in [1.82, 2.24) is 10.2 Å². The monoisotopic (exact) mass is 653 g/mol. The Hall–Kier alpha value is -2.59. The van der Waals surface area contributed by atoms with Crippen molar-refractivity contribution in [3.63, 3.8) is 0 Å². The minimum absolute atomic E-state index is 0.00590. The molecule has 0 aliphatic heterocycles. The van der Waals surface area contributed by atoms with E-state index in [-0.39, 0.29) is 28.1 Å². The van der Waals surface area contributed by atoms with E-state index in [1.54, 1.807) is 25.1 Å². The average Bonchev–Trinajstić information content (AvgIpc) is 2.91. The molecular weight excluding hydrogens is 625 g/mol. The quantitative estimate of drug-likeness (QED) is 0.233. The molecule has 0 aliphatic carbocycles. The summed E-state index contributed by atoms with van der Waals surface area (Å²) in [5, 5.41) is 3.25. The molecule has 1 atom stereocenters. The SMILES string of the molecule is CCCCNC(=O)[C@H](C)N(Cc1ccc(Br)cc1)C(=O)CN(c1ccc(Cl)cc1Cl)S(=O)(=O)c1ccccc1. The highest BCUT2D eigenvalue weighted by molar-refractivity contribution is 9.10. The number of amides is 2. The first-order chi connectivity index (χ1) is 18.5. The fourth-order valence-electron chi connectivity index (χ4n) is 3.82. The molecular formula is C28H30BrCl2N3O4S. The molecule has 1 N–H and O–H groups in total. The van der Waals surface area contributed by atoms with E-state index >= 15 is 0 Å². The van der Waals surface area contributed by atoms with Gasteiger partial charge in [-0.15, -0.1) is 0 Å². The largest absolute Gasteiger partial charge is 0.354 e. The molecule has 2 amide bonds. The summed E-state index contributed by atoms with van der Waals surface area (Å²) in [6.45, 7) is 3.64. The molecule has 0 aromatic heterocycles. The Morgan fingerprint density at radius 1 is 1.00 bits per heavy atom. The minimum atomic E-state index is -4.21. The van der Waals surface area contributed by atoms with Gasteiger partial charge in [-0.05, 0) is 61.4 Å². The zero-order valence-electron chi connectivity index (χ0n) is 21.6. The van der Waals surface area contributed by atoms with Gasteiger partial charge in [0, 0.05) is 22.6 Å². The van der Waals surface area contributed by atoms with E-state index in [1.165, 1.54) is 35.2 Å². The first kappa shape index (κ1) is 30.9. The van der Waals surface area contributed by atoms with Crippen LogP contribution in [0.5, 0.6) is 0 Å². The molecule has 0 aliphatic rings. The average molecular weight is 655 g/mol. The van der Waals surface area contributed by atoms with Crippen LogP contribution >= 0.6 is 39.1 Å². The van der Waals surface area contributed by atoms with Crippen LogP contribution in [0.2, 0.25) is 10.0 Å². The highest BCUT2D eigenvalue weighted by Gasteiger charge is 2.33. The number of benzene rings is 3. The Morgan fingerprint density at radius 2 is 1.67 bits per heavy atom. The second-order valence-corrected chi connectivity index (χ2v) is 12.5. The van der Waals surface area contributed by atoms with Crippen LogP contribution in [0.4, 0.5) is 5.69 Å². The van der Waals surface area contributed by atoms with Crippen molar-refractivity contribution >= 4 is 66.7 Å². The number of carbonyl (C=O) groups excluding carboxylic acids is 2. The first-order valence-corrected chi connectivity index (χ1v) is 15.4. The maximum Gasteiger partial charge on any atom is 0.264 e. The maximum absolute atomic E-state index is 13.9. The molecule has 11 heteroatoms. The molecule has 0 fully saturated rings. The van der Waals surface area contributed by atoms with Crippen molar-refractivity contribution in [2.75, 3.05) is 17.4 Å². The summed E-state index contributed by atoms with van der Waals surface area (Å²) < 4.78 is 29.4. The standard InChI is InChI=1S/C28H30BrCl2N3O4S/c1-3-4-16-32-28(36)20(2)33(18-21-10-12-22(29)13-11-21)27(35)19-34(26-15-14-23(30)17-25(26)31)39(37,38)24-8-6-5-7-9-24/h5-15,17,20H,3-4,16,18-19H2,1-2H3,(H,32,36)/t20-/m0/s1. The van der Waals surface area contributed by atoms with Crippen LogP contribution in [0.1, 0.15) is 32.3 Å². The van der Waals surface area contributed by atoms with Crippen LogP contribution in [0.3, 0.4) is 0 Å². The third kappa shape index (κ3) is 8.20. The van der Waals surface area contributed by atoms with Crippen molar-refractivity contribution in [3.05, 3.63) is 92.9 Å². The zero-order chi connectivity index (χ0) is 28.6. The predicted molar refractivity (Wildman–Crippen MR) is 160 cm³/mol. The van der Waals surface area contributed by atoms with Crippen molar-refractivity contribution in [2.24, 2.45) is 0 Å². The molecule has 208 valence electrons. The van der Waals surface area contributed by atoms with Gasteiger partial charge in [0.25, 0.3) is 10.0 Å². The number of anilines is 1. The van der Waals surface area contributed by atoms with E-state index in [2.05, 4.69) is 21.2 Å². The van der Waals surface area contributed by atoms with Crippen LogP contribution < -0.4 is 9.62 Å². The smallest absolute Gasteiger partial charge is 0.264 e. The lowest BCUT2D eigenvalue weighted by atomic mass is 10.1. The van der Waals surface area contributed by atoms with Crippen molar-refractivity contribution in [2.45, 2.75) is 44.2 Å². The van der Waals surface area contributed by atoms with E-state index < -0.39 is 28.5 Å². The van der Waals surface area contributed by atoms with Crippen LogP contribution in [0.15, 0.2) is 82.2 Å². The van der Waals surface area contributed by atoms with E-state index in [1.807, 2.05) is 31.2 Å². The van der Waals surface area contributed by atoms with Gasteiger partial charge in [-0.25, -0.2) is 8.42 Å². The number of carbonyl (C=O) groups is 2. The zero-order valence-corrected chi connectivity index (χ0v) is 25.5. The summed E-state index contributed by atoms with van der Waals surface area (Å²) in [5.74, 6) is -0.891. The third-order valence-corrected chi connectivity index (χ3v) is 8.89. The van der Waals surface area contributed by atoms with Crippen LogP contribution in [-0.4, -0.2) is 44.3 Å². The lowest BCUT2D eigenvalue weighted by molar-refractivity contribution is -0.139. The Bertz CT molecular complexity index is 1390. The molecule has 0 saturated heterocycles. The Kier molecular flexibility index (Phi) is 11.2. The van der Waals surface area contributed by atoms with Crippen LogP contribution in [0.25, 0.3) is 0 Å². The van der Waals surface area contributed by atoms with Crippen molar-refractivity contribution in [1.29, 1.82) is 0 Å². The molecule has 3 rings (SSSR count). The van der Waals surface area contributed by atoms with Crippen molar-refractivity contribution in [3.8, 4) is 0 Å². The van der Waals surface area contributed by atoms with Crippen LogP contribution in [-0.2, 0) is 26.2 Å². The summed E-state index contributed by atoms with van der Waals surface area (Å²) in [6.07, 6.45) is 1.71. The molecule has 0 heterocycles. The Balaban J connectivity index is 2.01. The van der Waals surface area contributed by atoms with Gasteiger partial charge in [0.1, 0.15) is 12.6 Å². The number of halogens is 3. The lowest BCUT2D eigenvalue weighted by Gasteiger charge is -2.32. The van der Waals surface area contributed by atoms with Gasteiger partial charge in [-0.1, -0.05) is 82.8 Å². The van der Waals surface area contributed by atoms with Gasteiger partial charge in [-0.3, -0.25) is 13.9 Å². The van der Waals surface area contributed by atoms with Gasteiger partial charge in [0.05, 0.1) is 15.6 Å². The number of hydrogen-bond donors (Lipinski definition) is 1.